The summed E-state index contributed by atoms with van der Waals surface area (Å²) < 4.78 is 4.85. The van der Waals surface area contributed by atoms with E-state index in [2.05, 4.69) is 10.5 Å². The van der Waals surface area contributed by atoms with Crippen molar-refractivity contribution in [3.63, 3.8) is 0 Å². The number of hydrogen-bond donors (Lipinski definition) is 1. The molecule has 0 bridgehead atoms. The topological polar surface area (TPSA) is 78.9 Å². The maximum atomic E-state index is 11.8. The summed E-state index contributed by atoms with van der Waals surface area (Å²) in [5, 5.41) is 15.4. The minimum Gasteiger partial charge on any atom is -0.360 e. The van der Waals surface area contributed by atoms with E-state index in [0.29, 0.717) is 11.6 Å². The Balaban J connectivity index is 2.83. The summed E-state index contributed by atoms with van der Waals surface area (Å²) in [4.78, 5) is 11.8. The van der Waals surface area contributed by atoms with Gasteiger partial charge in [-0.15, -0.1) is 0 Å². The van der Waals surface area contributed by atoms with Crippen molar-refractivity contribution in [2.24, 2.45) is 5.41 Å². The van der Waals surface area contributed by atoms with E-state index >= 15 is 0 Å². The number of carbonyl (C=O) groups excluding carboxylic acids is 1. The van der Waals surface area contributed by atoms with Crippen molar-refractivity contribution >= 4 is 11.6 Å². The average molecular weight is 233 g/mol. The Morgan fingerprint density at radius 1 is 1.59 bits per heavy atom. The molecule has 0 spiro atoms. The zero-order valence-corrected chi connectivity index (χ0v) is 10.4. The molecular formula is C12H15N3O2. The molecule has 0 unspecified atom stereocenters. The van der Waals surface area contributed by atoms with Gasteiger partial charge in [-0.1, -0.05) is 25.9 Å². The molecule has 1 aromatic heterocycles. The zero-order valence-electron chi connectivity index (χ0n) is 10.4. The van der Waals surface area contributed by atoms with Crippen LogP contribution in [0.5, 0.6) is 0 Å². The molecule has 1 heterocycles. The molecule has 90 valence electrons. The average Bonchev–Trinajstić information content (AvgIpc) is 2.63. The second kappa shape index (κ2) is 4.83. The lowest BCUT2D eigenvalue weighted by molar-refractivity contribution is -0.122. The van der Waals surface area contributed by atoms with Crippen LogP contribution in [0.3, 0.4) is 0 Å². The first-order valence-corrected chi connectivity index (χ1v) is 5.19. The number of aromatic nitrogens is 1. The summed E-state index contributed by atoms with van der Waals surface area (Å²) >= 11 is 0. The quantitative estimate of drug-likeness (QED) is 0.640. The van der Waals surface area contributed by atoms with Crippen molar-refractivity contribution < 1.29 is 9.32 Å². The number of allylic oxidation sites excluding steroid dienone is 1. The van der Waals surface area contributed by atoms with Crippen molar-refractivity contribution in [2.75, 3.05) is 5.32 Å². The molecule has 1 aromatic rings. The Bertz CT molecular complexity index is 487. The standard InChI is InChI=1S/C12H15N3O2/c1-8-5-10(15-17-8)14-7-9(6-13)11(16)12(2,3)4/h5,7H,1-4H3,(H,14,15)/b9-7-. The lowest BCUT2D eigenvalue weighted by atomic mass is 9.87. The third kappa shape index (κ3) is 3.45. The molecule has 0 aliphatic rings. The molecule has 17 heavy (non-hydrogen) atoms. The molecule has 0 saturated carbocycles. The molecular weight excluding hydrogens is 218 g/mol. The molecule has 5 heteroatoms. The van der Waals surface area contributed by atoms with Crippen molar-refractivity contribution in [1.29, 1.82) is 5.26 Å². The number of nitrogens with zero attached hydrogens (tertiary/aromatic N) is 2. The highest BCUT2D eigenvalue weighted by atomic mass is 16.5. The number of ketones is 1. The Labute approximate surface area is 100 Å². The Morgan fingerprint density at radius 3 is 2.65 bits per heavy atom. The van der Waals surface area contributed by atoms with Gasteiger partial charge < -0.3 is 9.84 Å². The highest BCUT2D eigenvalue weighted by Gasteiger charge is 2.24. The molecule has 5 nitrogen and oxygen atoms in total. The number of nitrogens with one attached hydrogen (secondary N) is 1. The first-order chi connectivity index (χ1) is 7.84. The summed E-state index contributed by atoms with van der Waals surface area (Å²) in [5.41, 5.74) is -0.513. The fraction of sp³-hybridized carbons (Fsp3) is 0.417. The molecule has 0 fully saturated rings. The second-order valence-electron chi connectivity index (χ2n) is 4.72. The van der Waals surface area contributed by atoms with Crippen LogP contribution in [0.1, 0.15) is 26.5 Å². The van der Waals surface area contributed by atoms with Gasteiger partial charge in [-0.05, 0) is 6.92 Å². The molecule has 0 aliphatic carbocycles. The van der Waals surface area contributed by atoms with Gasteiger partial charge in [0.2, 0.25) is 0 Å². The minimum absolute atomic E-state index is 0.0677. The van der Waals surface area contributed by atoms with Crippen LogP contribution in [-0.4, -0.2) is 10.9 Å². The monoisotopic (exact) mass is 233 g/mol. The van der Waals surface area contributed by atoms with Crippen molar-refractivity contribution in [1.82, 2.24) is 5.16 Å². The number of rotatable bonds is 3. The van der Waals surface area contributed by atoms with Gasteiger partial charge in [-0.2, -0.15) is 5.26 Å². The third-order valence-electron chi connectivity index (χ3n) is 2.04. The number of carbonyl (C=O) groups is 1. The van der Waals surface area contributed by atoms with Crippen LogP contribution in [0.15, 0.2) is 22.4 Å². The molecule has 0 radical (unpaired) electrons. The maximum absolute atomic E-state index is 11.8. The van der Waals surface area contributed by atoms with Crippen LogP contribution >= 0.6 is 0 Å². The van der Waals surface area contributed by atoms with E-state index in [9.17, 15) is 4.79 Å². The molecule has 0 saturated heterocycles. The number of anilines is 1. The second-order valence-corrected chi connectivity index (χ2v) is 4.72. The summed E-state index contributed by atoms with van der Waals surface area (Å²) in [6.07, 6.45) is 1.35. The molecule has 0 aromatic carbocycles. The maximum Gasteiger partial charge on any atom is 0.180 e. The van der Waals surface area contributed by atoms with E-state index in [4.69, 9.17) is 9.78 Å². The van der Waals surface area contributed by atoms with Gasteiger partial charge in [0.1, 0.15) is 17.4 Å². The predicted molar refractivity (Wildman–Crippen MR) is 63.0 cm³/mol. The summed E-state index contributed by atoms with van der Waals surface area (Å²) in [7, 11) is 0. The Morgan fingerprint density at radius 2 is 2.24 bits per heavy atom. The molecule has 0 amide bonds. The number of nitriles is 1. The van der Waals surface area contributed by atoms with E-state index in [0.717, 1.165) is 0 Å². The fourth-order valence-electron chi connectivity index (χ4n) is 1.13. The number of Topliss-reactive ketones (excluding diaryl/α,β-unsaturated/α-hetero) is 1. The molecule has 1 rings (SSSR count). The number of hydrogen-bond acceptors (Lipinski definition) is 5. The Kier molecular flexibility index (Phi) is 3.69. The van der Waals surface area contributed by atoms with Gasteiger partial charge in [-0.3, -0.25) is 4.79 Å². The highest BCUT2D eigenvalue weighted by Crippen LogP contribution is 2.19. The van der Waals surface area contributed by atoms with E-state index < -0.39 is 5.41 Å². The fourth-order valence-corrected chi connectivity index (χ4v) is 1.13. The van der Waals surface area contributed by atoms with Crippen LogP contribution in [-0.2, 0) is 4.79 Å². The smallest absolute Gasteiger partial charge is 0.180 e. The zero-order chi connectivity index (χ0) is 13.1. The van der Waals surface area contributed by atoms with Gasteiger partial charge in [0.25, 0.3) is 0 Å². The largest absolute Gasteiger partial charge is 0.360 e. The normalized spacial score (nSPS) is 12.1. The van der Waals surface area contributed by atoms with Gasteiger partial charge >= 0.3 is 0 Å². The molecule has 0 atom stereocenters. The van der Waals surface area contributed by atoms with Crippen LogP contribution in [0.4, 0.5) is 5.82 Å². The Hall–Kier alpha value is -2.09. The van der Waals surface area contributed by atoms with Crippen LogP contribution < -0.4 is 5.32 Å². The van der Waals surface area contributed by atoms with E-state index in [1.807, 2.05) is 6.07 Å². The van der Waals surface area contributed by atoms with Crippen molar-refractivity contribution in [3.05, 3.63) is 23.6 Å². The van der Waals surface area contributed by atoms with E-state index in [1.54, 1.807) is 33.8 Å². The van der Waals surface area contributed by atoms with Crippen LogP contribution in [0.2, 0.25) is 0 Å². The molecule has 0 aliphatic heterocycles. The first kappa shape index (κ1) is 13.0. The van der Waals surface area contributed by atoms with Crippen LogP contribution in [0, 0.1) is 23.7 Å². The van der Waals surface area contributed by atoms with Crippen molar-refractivity contribution in [3.8, 4) is 6.07 Å². The lowest BCUT2D eigenvalue weighted by Crippen LogP contribution is -2.22. The lowest BCUT2D eigenvalue weighted by Gasteiger charge is -2.15. The van der Waals surface area contributed by atoms with Crippen LogP contribution in [0.25, 0.3) is 0 Å². The van der Waals surface area contributed by atoms with Gasteiger partial charge in [0.15, 0.2) is 11.6 Å². The summed E-state index contributed by atoms with van der Waals surface area (Å²) in [5.74, 6) is 0.909. The third-order valence-corrected chi connectivity index (χ3v) is 2.04. The first-order valence-electron chi connectivity index (χ1n) is 5.19. The van der Waals surface area contributed by atoms with Gasteiger partial charge in [-0.25, -0.2) is 0 Å². The SMILES string of the molecule is Cc1cc(N/C=C(/C#N)C(=O)C(C)(C)C)no1. The highest BCUT2D eigenvalue weighted by molar-refractivity contribution is 6.02. The number of aryl methyl sites for hydroxylation is 1. The van der Waals surface area contributed by atoms with Gasteiger partial charge in [0.05, 0.1) is 0 Å². The van der Waals surface area contributed by atoms with Gasteiger partial charge in [0, 0.05) is 17.7 Å². The summed E-state index contributed by atoms with van der Waals surface area (Å²) in [6.45, 7) is 7.05. The molecule has 1 N–H and O–H groups in total. The minimum atomic E-state index is -0.580. The van der Waals surface area contributed by atoms with Crippen molar-refractivity contribution in [2.45, 2.75) is 27.7 Å². The predicted octanol–water partition coefficient (Wildman–Crippen LogP) is 2.42. The summed E-state index contributed by atoms with van der Waals surface area (Å²) in [6, 6.07) is 3.55. The van der Waals surface area contributed by atoms with E-state index in [-0.39, 0.29) is 11.4 Å². The van der Waals surface area contributed by atoms with E-state index in [1.165, 1.54) is 6.20 Å².